The van der Waals surface area contributed by atoms with E-state index < -0.39 is 0 Å². The summed E-state index contributed by atoms with van der Waals surface area (Å²) in [6.45, 7) is 12.5. The Morgan fingerprint density at radius 3 is 2.65 bits per heavy atom. The number of aromatic amines is 1. The molecule has 0 saturated carbocycles. The van der Waals surface area contributed by atoms with Gasteiger partial charge in [-0.15, -0.1) is 0 Å². The van der Waals surface area contributed by atoms with Crippen LogP contribution < -0.4 is 5.32 Å². The predicted molar refractivity (Wildman–Crippen MR) is 72.5 cm³/mol. The van der Waals surface area contributed by atoms with Crippen molar-refractivity contribution in [2.45, 2.75) is 59.3 Å². The Morgan fingerprint density at radius 2 is 2.00 bits per heavy atom. The summed E-state index contributed by atoms with van der Waals surface area (Å²) in [5.74, 6) is 1.07. The van der Waals surface area contributed by atoms with E-state index in [1.807, 2.05) is 0 Å². The zero-order chi connectivity index (χ0) is 12.7. The van der Waals surface area contributed by atoms with Gasteiger partial charge in [0.25, 0.3) is 0 Å². The molecule has 0 amide bonds. The first kappa shape index (κ1) is 12.5. The summed E-state index contributed by atoms with van der Waals surface area (Å²) < 4.78 is 0. The van der Waals surface area contributed by atoms with Crippen molar-refractivity contribution in [3.8, 4) is 0 Å². The van der Waals surface area contributed by atoms with Crippen molar-refractivity contribution < 1.29 is 0 Å². The van der Waals surface area contributed by atoms with Gasteiger partial charge in [-0.1, -0.05) is 34.6 Å². The average molecular weight is 235 g/mol. The van der Waals surface area contributed by atoms with E-state index in [1.165, 1.54) is 17.7 Å². The maximum Gasteiger partial charge on any atom is 0.151 e. The minimum atomic E-state index is 0.208. The van der Waals surface area contributed by atoms with Crippen molar-refractivity contribution in [2.75, 3.05) is 11.9 Å². The fourth-order valence-electron chi connectivity index (χ4n) is 3.43. The van der Waals surface area contributed by atoms with Crippen molar-refractivity contribution in [1.29, 1.82) is 0 Å². The molecular formula is C14H25N3. The van der Waals surface area contributed by atoms with Crippen molar-refractivity contribution in [1.82, 2.24) is 10.2 Å². The molecule has 0 atom stereocenters. The molecule has 1 aliphatic carbocycles. The van der Waals surface area contributed by atoms with Gasteiger partial charge in [-0.05, 0) is 30.1 Å². The van der Waals surface area contributed by atoms with E-state index in [0.29, 0.717) is 5.41 Å². The van der Waals surface area contributed by atoms with Gasteiger partial charge in [-0.25, -0.2) is 0 Å². The number of nitrogens with one attached hydrogen (secondary N) is 2. The molecule has 0 radical (unpaired) electrons. The molecule has 1 aliphatic rings. The van der Waals surface area contributed by atoms with E-state index in [-0.39, 0.29) is 5.41 Å². The Balaban J connectivity index is 2.36. The predicted octanol–water partition coefficient (Wildman–Crippen LogP) is 3.48. The Morgan fingerprint density at radius 1 is 1.29 bits per heavy atom. The summed E-state index contributed by atoms with van der Waals surface area (Å²) in [7, 11) is 0. The van der Waals surface area contributed by atoms with E-state index in [2.05, 4.69) is 50.1 Å². The zero-order valence-corrected chi connectivity index (χ0v) is 11.8. The molecule has 3 heteroatoms. The molecule has 0 spiro atoms. The summed E-state index contributed by atoms with van der Waals surface area (Å²) in [4.78, 5) is 0. The van der Waals surface area contributed by atoms with Gasteiger partial charge in [0, 0.05) is 17.8 Å². The number of fused-ring (bicyclic) bond motifs is 1. The summed E-state index contributed by atoms with van der Waals surface area (Å²) in [6, 6.07) is 0. The number of anilines is 1. The van der Waals surface area contributed by atoms with Crippen molar-refractivity contribution in [3.63, 3.8) is 0 Å². The van der Waals surface area contributed by atoms with Crippen LogP contribution >= 0.6 is 0 Å². The first-order chi connectivity index (χ1) is 7.86. The highest BCUT2D eigenvalue weighted by Gasteiger charge is 2.40. The maximum absolute atomic E-state index is 4.46. The van der Waals surface area contributed by atoms with Crippen LogP contribution in [0.4, 0.5) is 5.82 Å². The SMILES string of the molecule is CCCNc1n[nH]c2c1C(C)(C)CC(C)(C)C2. The van der Waals surface area contributed by atoms with Gasteiger partial charge in [-0.3, -0.25) is 5.10 Å². The van der Waals surface area contributed by atoms with Gasteiger partial charge < -0.3 is 5.32 Å². The molecule has 17 heavy (non-hydrogen) atoms. The van der Waals surface area contributed by atoms with Crippen LogP contribution in [0.2, 0.25) is 0 Å². The average Bonchev–Trinajstić information content (AvgIpc) is 2.55. The molecule has 96 valence electrons. The molecule has 0 saturated heterocycles. The van der Waals surface area contributed by atoms with E-state index in [1.54, 1.807) is 0 Å². The Labute approximate surface area is 104 Å². The number of nitrogens with zero attached hydrogens (tertiary/aromatic N) is 1. The largest absolute Gasteiger partial charge is 0.368 e. The topological polar surface area (TPSA) is 40.7 Å². The van der Waals surface area contributed by atoms with Crippen LogP contribution in [-0.2, 0) is 11.8 Å². The van der Waals surface area contributed by atoms with Crippen LogP contribution in [0.1, 0.15) is 58.7 Å². The molecule has 0 unspecified atom stereocenters. The molecule has 1 heterocycles. The monoisotopic (exact) mass is 235 g/mol. The third kappa shape index (κ3) is 2.33. The molecule has 2 N–H and O–H groups in total. The Kier molecular flexibility index (Phi) is 2.96. The second-order valence-corrected chi connectivity index (χ2v) is 6.75. The molecule has 0 aliphatic heterocycles. The number of hydrogen-bond acceptors (Lipinski definition) is 2. The van der Waals surface area contributed by atoms with Crippen molar-refractivity contribution in [2.24, 2.45) is 5.41 Å². The van der Waals surface area contributed by atoms with Crippen LogP contribution in [0.3, 0.4) is 0 Å². The molecule has 2 rings (SSSR count). The van der Waals surface area contributed by atoms with Gasteiger partial charge in [-0.2, -0.15) is 5.10 Å². The highest BCUT2D eigenvalue weighted by molar-refractivity contribution is 5.52. The lowest BCUT2D eigenvalue weighted by atomic mass is 9.64. The molecule has 3 nitrogen and oxygen atoms in total. The van der Waals surface area contributed by atoms with E-state index in [0.717, 1.165) is 25.2 Å². The second kappa shape index (κ2) is 4.04. The summed E-state index contributed by atoms with van der Waals surface area (Å²) in [5, 5.41) is 11.1. The minimum Gasteiger partial charge on any atom is -0.368 e. The van der Waals surface area contributed by atoms with Gasteiger partial charge in [0.1, 0.15) is 0 Å². The fraction of sp³-hybridized carbons (Fsp3) is 0.786. The summed E-state index contributed by atoms with van der Waals surface area (Å²) in [6.07, 6.45) is 3.45. The van der Waals surface area contributed by atoms with Gasteiger partial charge >= 0.3 is 0 Å². The van der Waals surface area contributed by atoms with Crippen LogP contribution in [0.25, 0.3) is 0 Å². The number of aromatic nitrogens is 2. The van der Waals surface area contributed by atoms with Crippen molar-refractivity contribution in [3.05, 3.63) is 11.3 Å². The number of H-pyrrole nitrogens is 1. The zero-order valence-electron chi connectivity index (χ0n) is 11.8. The molecule has 1 aromatic heterocycles. The second-order valence-electron chi connectivity index (χ2n) is 6.75. The summed E-state index contributed by atoms with van der Waals surface area (Å²) >= 11 is 0. The van der Waals surface area contributed by atoms with Crippen LogP contribution in [-0.4, -0.2) is 16.7 Å². The smallest absolute Gasteiger partial charge is 0.151 e. The molecule has 0 aromatic carbocycles. The lowest BCUT2D eigenvalue weighted by Gasteiger charge is -2.40. The standard InChI is InChI=1S/C14H25N3/c1-6-7-15-12-11-10(16-17-12)8-13(2,3)9-14(11,4)5/h6-9H2,1-5H3,(H2,15,16,17). The lowest BCUT2D eigenvalue weighted by molar-refractivity contribution is 0.230. The maximum atomic E-state index is 4.46. The van der Waals surface area contributed by atoms with Gasteiger partial charge in [0.2, 0.25) is 0 Å². The van der Waals surface area contributed by atoms with Crippen molar-refractivity contribution >= 4 is 5.82 Å². The van der Waals surface area contributed by atoms with Crippen LogP contribution in [0, 0.1) is 5.41 Å². The van der Waals surface area contributed by atoms with Gasteiger partial charge in [0.15, 0.2) is 5.82 Å². The summed E-state index contributed by atoms with van der Waals surface area (Å²) in [5.41, 5.74) is 3.31. The van der Waals surface area contributed by atoms with E-state index in [4.69, 9.17) is 0 Å². The first-order valence-corrected chi connectivity index (χ1v) is 6.67. The van der Waals surface area contributed by atoms with E-state index in [9.17, 15) is 0 Å². The lowest BCUT2D eigenvalue weighted by Crippen LogP contribution is -2.34. The number of hydrogen-bond donors (Lipinski definition) is 2. The van der Waals surface area contributed by atoms with Crippen LogP contribution in [0.5, 0.6) is 0 Å². The number of rotatable bonds is 3. The van der Waals surface area contributed by atoms with Crippen LogP contribution in [0.15, 0.2) is 0 Å². The third-order valence-electron chi connectivity index (χ3n) is 3.64. The Bertz CT molecular complexity index is 402. The quantitative estimate of drug-likeness (QED) is 0.842. The Hall–Kier alpha value is -0.990. The normalized spacial score (nSPS) is 21.0. The minimum absolute atomic E-state index is 0.208. The molecular weight excluding hydrogens is 210 g/mol. The van der Waals surface area contributed by atoms with E-state index >= 15 is 0 Å². The van der Waals surface area contributed by atoms with Gasteiger partial charge in [0.05, 0.1) is 0 Å². The molecule has 0 bridgehead atoms. The highest BCUT2D eigenvalue weighted by Crippen LogP contribution is 2.47. The molecule has 1 aromatic rings. The first-order valence-electron chi connectivity index (χ1n) is 6.67. The third-order valence-corrected chi connectivity index (χ3v) is 3.64. The fourth-order valence-corrected chi connectivity index (χ4v) is 3.43. The highest BCUT2D eigenvalue weighted by atomic mass is 15.2. The molecule has 0 fully saturated rings.